The van der Waals surface area contributed by atoms with Crippen LogP contribution in [0.4, 0.5) is 5.69 Å². The number of aliphatic imine (C=N–C) groups is 1. The lowest BCUT2D eigenvalue weighted by atomic mass is 9.86. The monoisotopic (exact) mass is 311 g/mol. The maximum atomic E-state index is 5.37. The van der Waals surface area contributed by atoms with E-state index in [1.54, 1.807) is 14.2 Å². The Morgan fingerprint density at radius 1 is 0.913 bits per heavy atom. The van der Waals surface area contributed by atoms with E-state index in [1.165, 1.54) is 5.56 Å². The smallest absolute Gasteiger partial charge is 0.162 e. The fraction of sp³-hybridized carbons (Fsp3) is 0.350. The molecule has 2 aromatic carbocycles. The Balaban J connectivity index is 2.37. The Kier molecular flexibility index (Phi) is 5.43. The van der Waals surface area contributed by atoms with E-state index < -0.39 is 0 Å². The van der Waals surface area contributed by atoms with Crippen molar-refractivity contribution in [2.75, 3.05) is 14.2 Å². The number of nitrogens with zero attached hydrogens (tertiary/aromatic N) is 1. The van der Waals surface area contributed by atoms with Gasteiger partial charge in [-0.15, -0.1) is 0 Å². The van der Waals surface area contributed by atoms with Crippen LogP contribution in [0.2, 0.25) is 0 Å². The summed E-state index contributed by atoms with van der Waals surface area (Å²) in [5, 5.41) is 0. The van der Waals surface area contributed by atoms with Crippen LogP contribution >= 0.6 is 0 Å². The molecule has 0 saturated carbocycles. The molecule has 2 rings (SSSR count). The van der Waals surface area contributed by atoms with Crippen LogP contribution in [0, 0.1) is 5.41 Å². The number of rotatable bonds is 5. The molecule has 0 aliphatic carbocycles. The maximum absolute atomic E-state index is 5.37. The molecular formula is C20H25NO2. The van der Waals surface area contributed by atoms with Gasteiger partial charge in [0.05, 0.1) is 19.9 Å². The van der Waals surface area contributed by atoms with Crippen molar-refractivity contribution in [3.05, 3.63) is 54.1 Å². The van der Waals surface area contributed by atoms with Gasteiger partial charge in [-0.25, -0.2) is 0 Å². The molecule has 0 unspecified atom stereocenters. The summed E-state index contributed by atoms with van der Waals surface area (Å²) in [5.74, 6) is 1.41. The molecule has 0 spiro atoms. The van der Waals surface area contributed by atoms with Gasteiger partial charge >= 0.3 is 0 Å². The van der Waals surface area contributed by atoms with Gasteiger partial charge < -0.3 is 9.47 Å². The first-order valence-electron chi connectivity index (χ1n) is 7.78. The van der Waals surface area contributed by atoms with Crippen molar-refractivity contribution >= 4 is 11.4 Å². The molecule has 0 atom stereocenters. The van der Waals surface area contributed by atoms with Crippen molar-refractivity contribution < 1.29 is 9.47 Å². The Morgan fingerprint density at radius 3 is 2.13 bits per heavy atom. The first-order valence-corrected chi connectivity index (χ1v) is 7.78. The minimum atomic E-state index is -0.0109. The summed E-state index contributed by atoms with van der Waals surface area (Å²) in [5.41, 5.74) is 3.27. The predicted octanol–water partition coefficient (Wildman–Crippen LogP) is 5.07. The van der Waals surface area contributed by atoms with Crippen LogP contribution < -0.4 is 9.47 Å². The molecule has 0 aliphatic heterocycles. The third-order valence-corrected chi connectivity index (χ3v) is 3.71. The highest BCUT2D eigenvalue weighted by atomic mass is 16.5. The minimum Gasteiger partial charge on any atom is -0.493 e. The lowest BCUT2D eigenvalue weighted by Gasteiger charge is -2.22. The molecule has 0 bridgehead atoms. The summed E-state index contributed by atoms with van der Waals surface area (Å²) < 4.78 is 10.7. The van der Waals surface area contributed by atoms with E-state index >= 15 is 0 Å². The minimum absolute atomic E-state index is 0.0109. The maximum Gasteiger partial charge on any atom is 0.162 e. The Labute approximate surface area is 139 Å². The van der Waals surface area contributed by atoms with Gasteiger partial charge in [0, 0.05) is 23.6 Å². The third kappa shape index (κ3) is 4.59. The van der Waals surface area contributed by atoms with Crippen LogP contribution in [-0.4, -0.2) is 19.9 Å². The van der Waals surface area contributed by atoms with Crippen LogP contribution in [0.1, 0.15) is 26.3 Å². The van der Waals surface area contributed by atoms with Gasteiger partial charge in [-0.3, -0.25) is 4.99 Å². The predicted molar refractivity (Wildman–Crippen MR) is 96.2 cm³/mol. The highest BCUT2D eigenvalue weighted by Gasteiger charge is 2.19. The number of hydrogen-bond donors (Lipinski definition) is 0. The lowest BCUT2D eigenvalue weighted by molar-refractivity contribution is 0.355. The van der Waals surface area contributed by atoms with Crippen LogP contribution in [0.5, 0.6) is 11.5 Å². The van der Waals surface area contributed by atoms with Crippen molar-refractivity contribution in [1.82, 2.24) is 0 Å². The van der Waals surface area contributed by atoms with Crippen molar-refractivity contribution in [2.45, 2.75) is 27.2 Å². The second-order valence-corrected chi connectivity index (χ2v) is 6.51. The molecule has 0 amide bonds. The van der Waals surface area contributed by atoms with E-state index in [-0.39, 0.29) is 5.41 Å². The number of ether oxygens (including phenoxy) is 2. The Hall–Kier alpha value is -2.29. The molecule has 0 radical (unpaired) electrons. The van der Waals surface area contributed by atoms with Gasteiger partial charge in [0.15, 0.2) is 11.5 Å². The molecule has 0 heterocycles. The van der Waals surface area contributed by atoms with E-state index in [0.717, 1.165) is 17.8 Å². The molecule has 122 valence electrons. The summed E-state index contributed by atoms with van der Waals surface area (Å²) in [6.45, 7) is 6.57. The second kappa shape index (κ2) is 7.32. The molecule has 23 heavy (non-hydrogen) atoms. The van der Waals surface area contributed by atoms with E-state index in [2.05, 4.69) is 45.0 Å². The fourth-order valence-corrected chi connectivity index (χ4v) is 2.31. The molecule has 3 nitrogen and oxygen atoms in total. The van der Waals surface area contributed by atoms with Gasteiger partial charge in [0.1, 0.15) is 0 Å². The van der Waals surface area contributed by atoms with Crippen LogP contribution in [-0.2, 0) is 6.42 Å². The molecule has 3 heteroatoms. The van der Waals surface area contributed by atoms with Crippen molar-refractivity contribution in [3.8, 4) is 11.5 Å². The normalized spacial score (nSPS) is 12.1. The molecule has 0 N–H and O–H groups in total. The van der Waals surface area contributed by atoms with Crippen molar-refractivity contribution in [1.29, 1.82) is 0 Å². The molecule has 0 saturated heterocycles. The summed E-state index contributed by atoms with van der Waals surface area (Å²) in [6, 6.07) is 16.2. The molecule has 0 aromatic heterocycles. The quantitative estimate of drug-likeness (QED) is 0.722. The Morgan fingerprint density at radius 2 is 1.57 bits per heavy atom. The molecular weight excluding hydrogens is 286 g/mol. The molecule has 0 aliphatic rings. The topological polar surface area (TPSA) is 30.8 Å². The van der Waals surface area contributed by atoms with E-state index in [1.807, 2.05) is 24.3 Å². The zero-order valence-corrected chi connectivity index (χ0v) is 14.6. The first-order chi connectivity index (χ1) is 10.9. The van der Waals surface area contributed by atoms with Crippen LogP contribution in [0.15, 0.2) is 53.5 Å². The van der Waals surface area contributed by atoms with Crippen LogP contribution in [0.25, 0.3) is 0 Å². The average Bonchev–Trinajstić information content (AvgIpc) is 2.54. The van der Waals surface area contributed by atoms with Gasteiger partial charge in [-0.05, 0) is 17.7 Å². The van der Waals surface area contributed by atoms with Gasteiger partial charge in [-0.1, -0.05) is 51.1 Å². The van der Waals surface area contributed by atoms with Gasteiger partial charge in [0.2, 0.25) is 0 Å². The zero-order valence-electron chi connectivity index (χ0n) is 14.6. The van der Waals surface area contributed by atoms with Crippen molar-refractivity contribution in [3.63, 3.8) is 0 Å². The third-order valence-electron chi connectivity index (χ3n) is 3.71. The summed E-state index contributed by atoms with van der Waals surface area (Å²) in [7, 11) is 3.27. The standard InChI is InChI=1S/C20H25NO2/c1-20(2,3)19(13-15-9-7-6-8-10-15)21-16-11-12-17(22-4)18(14-16)23-5/h6-12,14H,13H2,1-5H3. The Bertz CT molecular complexity index is 670. The molecule has 2 aromatic rings. The second-order valence-electron chi connectivity index (χ2n) is 6.51. The molecule has 0 fully saturated rings. The SMILES string of the molecule is COc1ccc(N=C(Cc2ccccc2)C(C)(C)C)cc1OC. The highest BCUT2D eigenvalue weighted by molar-refractivity contribution is 5.93. The van der Waals surface area contributed by atoms with Crippen LogP contribution in [0.3, 0.4) is 0 Å². The zero-order chi connectivity index (χ0) is 16.9. The first kappa shape index (κ1) is 17.1. The average molecular weight is 311 g/mol. The van der Waals surface area contributed by atoms with Gasteiger partial charge in [-0.2, -0.15) is 0 Å². The van der Waals surface area contributed by atoms with E-state index in [9.17, 15) is 0 Å². The summed E-state index contributed by atoms with van der Waals surface area (Å²) in [6.07, 6.45) is 0.832. The number of hydrogen-bond acceptors (Lipinski definition) is 3. The summed E-state index contributed by atoms with van der Waals surface area (Å²) >= 11 is 0. The lowest BCUT2D eigenvalue weighted by Crippen LogP contribution is -2.22. The largest absolute Gasteiger partial charge is 0.493 e. The van der Waals surface area contributed by atoms with Gasteiger partial charge in [0.25, 0.3) is 0 Å². The summed E-state index contributed by atoms with van der Waals surface area (Å²) in [4.78, 5) is 4.89. The van der Waals surface area contributed by atoms with E-state index in [0.29, 0.717) is 11.5 Å². The van der Waals surface area contributed by atoms with E-state index in [4.69, 9.17) is 14.5 Å². The highest BCUT2D eigenvalue weighted by Crippen LogP contribution is 2.32. The van der Waals surface area contributed by atoms with Crippen molar-refractivity contribution in [2.24, 2.45) is 10.4 Å². The number of benzene rings is 2. The fourth-order valence-electron chi connectivity index (χ4n) is 2.31. The number of methoxy groups -OCH3 is 2.